The van der Waals surface area contributed by atoms with Gasteiger partial charge >= 0.3 is 0 Å². The zero-order valence-corrected chi connectivity index (χ0v) is 9.07. The predicted molar refractivity (Wildman–Crippen MR) is 60.1 cm³/mol. The Morgan fingerprint density at radius 3 is 2.88 bits per heavy atom. The first-order valence-corrected chi connectivity index (χ1v) is 4.84. The normalized spacial score (nSPS) is 11.9. The second-order valence-corrected chi connectivity index (χ2v) is 3.34. The van der Waals surface area contributed by atoms with Gasteiger partial charge in [0.25, 0.3) is 0 Å². The molecule has 0 heterocycles. The van der Waals surface area contributed by atoms with Crippen molar-refractivity contribution < 1.29 is 13.9 Å². The number of methoxy groups -OCH3 is 1. The number of carbonyl (C=O) groups is 1. The second-order valence-electron chi connectivity index (χ2n) is 3.34. The number of halogens is 1. The predicted octanol–water partition coefficient (Wildman–Crippen LogP) is 1.92. The van der Waals surface area contributed by atoms with Crippen LogP contribution in [0.4, 0.5) is 4.39 Å². The van der Waals surface area contributed by atoms with E-state index in [-0.39, 0.29) is 5.56 Å². The molecule has 1 unspecified atom stereocenters. The highest BCUT2D eigenvalue weighted by molar-refractivity contribution is 6.00. The molecule has 86 valence electrons. The van der Waals surface area contributed by atoms with Gasteiger partial charge in [-0.3, -0.25) is 4.79 Å². The van der Waals surface area contributed by atoms with Crippen molar-refractivity contribution in [3.63, 3.8) is 0 Å². The molecule has 1 aromatic rings. The van der Waals surface area contributed by atoms with E-state index in [1.807, 2.05) is 0 Å². The second kappa shape index (κ2) is 5.42. The van der Waals surface area contributed by atoms with Crippen LogP contribution in [0.5, 0.6) is 5.75 Å². The molecule has 4 heteroatoms. The fourth-order valence-corrected chi connectivity index (χ4v) is 1.31. The summed E-state index contributed by atoms with van der Waals surface area (Å²) >= 11 is 0. The minimum atomic E-state index is -0.750. The highest BCUT2D eigenvalue weighted by atomic mass is 19.1. The van der Waals surface area contributed by atoms with Crippen LogP contribution in [0.3, 0.4) is 0 Å². The molecule has 0 radical (unpaired) electrons. The quantitative estimate of drug-likeness (QED) is 0.613. The zero-order valence-electron chi connectivity index (χ0n) is 9.07. The molecule has 0 amide bonds. The van der Waals surface area contributed by atoms with Gasteiger partial charge in [-0.05, 0) is 18.6 Å². The van der Waals surface area contributed by atoms with Gasteiger partial charge in [0.1, 0.15) is 11.6 Å². The number of rotatable bonds is 5. The summed E-state index contributed by atoms with van der Waals surface area (Å²) in [5.41, 5.74) is 5.56. The number of hydrogen-bond donors (Lipinski definition) is 1. The molecule has 0 saturated heterocycles. The van der Waals surface area contributed by atoms with Gasteiger partial charge in [0.2, 0.25) is 0 Å². The summed E-state index contributed by atoms with van der Waals surface area (Å²) in [7, 11) is 1.43. The summed E-state index contributed by atoms with van der Waals surface area (Å²) in [6.45, 7) is 3.48. The molecule has 1 atom stereocenters. The van der Waals surface area contributed by atoms with Crippen LogP contribution in [0.1, 0.15) is 16.8 Å². The fraction of sp³-hybridized carbons (Fsp3) is 0.250. The van der Waals surface area contributed by atoms with Crippen molar-refractivity contribution in [3.8, 4) is 5.75 Å². The van der Waals surface area contributed by atoms with Crippen molar-refractivity contribution in [1.29, 1.82) is 0 Å². The first-order chi connectivity index (χ1) is 7.60. The van der Waals surface area contributed by atoms with E-state index in [0.29, 0.717) is 12.2 Å². The number of benzene rings is 1. The van der Waals surface area contributed by atoms with Gasteiger partial charge in [-0.15, -0.1) is 6.58 Å². The molecule has 0 aliphatic heterocycles. The van der Waals surface area contributed by atoms with E-state index in [2.05, 4.69) is 6.58 Å². The molecule has 0 aromatic heterocycles. The Balaban J connectivity index is 2.95. The molecule has 0 saturated carbocycles. The molecule has 2 N–H and O–H groups in total. The molecule has 0 bridgehead atoms. The molecule has 0 fully saturated rings. The van der Waals surface area contributed by atoms with Gasteiger partial charge in [0, 0.05) is 6.07 Å². The van der Waals surface area contributed by atoms with E-state index in [4.69, 9.17) is 10.5 Å². The Bertz CT molecular complexity index is 404. The summed E-state index contributed by atoms with van der Waals surface area (Å²) in [6.07, 6.45) is 1.86. The zero-order chi connectivity index (χ0) is 12.1. The van der Waals surface area contributed by atoms with Crippen LogP contribution in [-0.4, -0.2) is 18.9 Å². The Morgan fingerprint density at radius 2 is 2.38 bits per heavy atom. The van der Waals surface area contributed by atoms with E-state index < -0.39 is 17.6 Å². The third-order valence-corrected chi connectivity index (χ3v) is 2.20. The van der Waals surface area contributed by atoms with Crippen molar-refractivity contribution in [1.82, 2.24) is 0 Å². The van der Waals surface area contributed by atoms with Gasteiger partial charge in [0.15, 0.2) is 5.78 Å². The number of carbonyl (C=O) groups excluding carboxylic acids is 1. The maximum absolute atomic E-state index is 13.5. The first-order valence-electron chi connectivity index (χ1n) is 4.84. The molecule has 0 aliphatic carbocycles. The summed E-state index contributed by atoms with van der Waals surface area (Å²) in [5.74, 6) is -0.685. The smallest absolute Gasteiger partial charge is 0.182 e. The largest absolute Gasteiger partial charge is 0.497 e. The third-order valence-electron chi connectivity index (χ3n) is 2.20. The lowest BCUT2D eigenvalue weighted by molar-refractivity contribution is 0.0958. The third kappa shape index (κ3) is 2.67. The lowest BCUT2D eigenvalue weighted by Crippen LogP contribution is -2.30. The maximum atomic E-state index is 13.5. The average Bonchev–Trinajstić information content (AvgIpc) is 2.28. The van der Waals surface area contributed by atoms with Crippen LogP contribution in [-0.2, 0) is 0 Å². The Hall–Kier alpha value is -1.68. The fourth-order valence-electron chi connectivity index (χ4n) is 1.31. The summed E-state index contributed by atoms with van der Waals surface area (Å²) in [4.78, 5) is 11.7. The Kier molecular flexibility index (Phi) is 4.19. The van der Waals surface area contributed by atoms with Crippen LogP contribution in [0.15, 0.2) is 30.9 Å². The van der Waals surface area contributed by atoms with Gasteiger partial charge in [-0.2, -0.15) is 0 Å². The number of ketones is 1. The van der Waals surface area contributed by atoms with Gasteiger partial charge in [0.05, 0.1) is 18.7 Å². The van der Waals surface area contributed by atoms with Crippen molar-refractivity contribution in [3.05, 3.63) is 42.2 Å². The minimum Gasteiger partial charge on any atom is -0.497 e. The lowest BCUT2D eigenvalue weighted by atomic mass is 10.0. The van der Waals surface area contributed by atoms with E-state index >= 15 is 0 Å². The highest BCUT2D eigenvalue weighted by Crippen LogP contribution is 2.17. The van der Waals surface area contributed by atoms with Crippen molar-refractivity contribution in [2.75, 3.05) is 7.11 Å². The SMILES string of the molecule is C=CCC(N)C(=O)c1ccc(OC)cc1F. The van der Waals surface area contributed by atoms with Crippen LogP contribution in [0.2, 0.25) is 0 Å². The maximum Gasteiger partial charge on any atom is 0.182 e. The Labute approximate surface area is 93.7 Å². The van der Waals surface area contributed by atoms with Crippen molar-refractivity contribution in [2.24, 2.45) is 5.73 Å². The molecular formula is C12H14FNO2. The molecule has 0 aliphatic rings. The minimum absolute atomic E-state index is 0.0184. The van der Waals surface area contributed by atoms with Gasteiger partial charge < -0.3 is 10.5 Å². The summed E-state index contributed by atoms with van der Waals surface area (Å²) in [5, 5.41) is 0. The molecule has 0 spiro atoms. The lowest BCUT2D eigenvalue weighted by Gasteiger charge is -2.09. The standard InChI is InChI=1S/C12H14FNO2/c1-3-4-11(14)12(15)9-6-5-8(16-2)7-10(9)13/h3,5-7,11H,1,4,14H2,2H3. The monoisotopic (exact) mass is 223 g/mol. The van der Waals surface area contributed by atoms with Crippen LogP contribution < -0.4 is 10.5 Å². The molecule has 1 aromatic carbocycles. The summed E-state index contributed by atoms with van der Waals surface area (Å²) in [6, 6.07) is 3.31. The molecule has 16 heavy (non-hydrogen) atoms. The number of Topliss-reactive ketones (excluding diaryl/α,β-unsaturated/α-hetero) is 1. The van der Waals surface area contributed by atoms with E-state index in [1.54, 1.807) is 0 Å². The first kappa shape index (κ1) is 12.4. The van der Waals surface area contributed by atoms with Crippen LogP contribution in [0, 0.1) is 5.82 Å². The van der Waals surface area contributed by atoms with Crippen LogP contribution >= 0.6 is 0 Å². The Morgan fingerprint density at radius 1 is 1.69 bits per heavy atom. The average molecular weight is 223 g/mol. The number of nitrogens with two attached hydrogens (primary N) is 1. The van der Waals surface area contributed by atoms with Crippen molar-refractivity contribution >= 4 is 5.78 Å². The summed E-state index contributed by atoms with van der Waals surface area (Å²) < 4.78 is 18.3. The van der Waals surface area contributed by atoms with Crippen molar-refractivity contribution in [2.45, 2.75) is 12.5 Å². The van der Waals surface area contributed by atoms with Gasteiger partial charge in [-0.25, -0.2) is 4.39 Å². The number of hydrogen-bond acceptors (Lipinski definition) is 3. The van der Waals surface area contributed by atoms with Crippen LogP contribution in [0.25, 0.3) is 0 Å². The molecule has 1 rings (SSSR count). The topological polar surface area (TPSA) is 52.3 Å². The molecule has 3 nitrogen and oxygen atoms in total. The molecular weight excluding hydrogens is 209 g/mol. The van der Waals surface area contributed by atoms with E-state index in [1.165, 1.54) is 25.3 Å². The van der Waals surface area contributed by atoms with E-state index in [0.717, 1.165) is 6.07 Å². The van der Waals surface area contributed by atoms with Gasteiger partial charge in [-0.1, -0.05) is 6.08 Å². The highest BCUT2D eigenvalue weighted by Gasteiger charge is 2.18. The van der Waals surface area contributed by atoms with E-state index in [9.17, 15) is 9.18 Å². The number of ether oxygens (including phenoxy) is 1.